The van der Waals surface area contributed by atoms with Gasteiger partial charge in [0.05, 0.1) is 12.7 Å². The van der Waals surface area contributed by atoms with Gasteiger partial charge in [-0.05, 0) is 18.2 Å². The Morgan fingerprint density at radius 3 is 2.55 bits per heavy atom. The molecule has 2 aliphatic rings. The molecule has 3 heteroatoms. The number of rotatable bonds is 1. The molecule has 4 atom stereocenters. The maximum absolute atomic E-state index is 10.9. The van der Waals surface area contributed by atoms with Crippen molar-refractivity contribution in [1.82, 2.24) is 4.90 Å². The van der Waals surface area contributed by atoms with Crippen molar-refractivity contribution in [3.05, 3.63) is 35.4 Å². The van der Waals surface area contributed by atoms with Crippen LogP contribution in [0.3, 0.4) is 0 Å². The van der Waals surface area contributed by atoms with Gasteiger partial charge in [-0.1, -0.05) is 45.0 Å². The molecule has 0 saturated carbocycles. The first-order valence-electron chi connectivity index (χ1n) is 7.41. The molecule has 0 spiro atoms. The zero-order chi connectivity index (χ0) is 14.7. The van der Waals surface area contributed by atoms with Crippen molar-refractivity contribution in [2.45, 2.75) is 44.2 Å². The summed E-state index contributed by atoms with van der Waals surface area (Å²) in [4.78, 5) is 2.33. The predicted octanol–water partition coefficient (Wildman–Crippen LogP) is 1.73. The molecule has 1 saturated heterocycles. The quantitative estimate of drug-likeness (QED) is 0.820. The van der Waals surface area contributed by atoms with Crippen LogP contribution >= 0.6 is 0 Å². The van der Waals surface area contributed by atoms with Crippen LogP contribution in [0, 0.1) is 5.41 Å². The first-order chi connectivity index (χ1) is 9.33. The van der Waals surface area contributed by atoms with Gasteiger partial charge in [0.2, 0.25) is 0 Å². The molecule has 1 heterocycles. The van der Waals surface area contributed by atoms with Crippen LogP contribution in [0.5, 0.6) is 0 Å². The number of piperidine rings is 1. The van der Waals surface area contributed by atoms with E-state index in [0.29, 0.717) is 0 Å². The second-order valence-electron chi connectivity index (χ2n) is 7.45. The van der Waals surface area contributed by atoms with E-state index in [1.165, 1.54) is 11.1 Å². The Balaban J connectivity index is 2.15. The summed E-state index contributed by atoms with van der Waals surface area (Å²) in [6.45, 7) is 7.26. The molecule has 3 rings (SSSR count). The highest BCUT2D eigenvalue weighted by atomic mass is 16.3. The standard InChI is InChI=1S/C17H25NO2/c1-16(2)12-8-6-5-7-11(12)13-14(16)18(4)9-17(3,10-19)15(13)20/h5-8,13-15,19-20H,9-10H2,1-4H3/t13-,14-,15-,17+/m0/s1. The number of fused-ring (bicyclic) bond motifs is 3. The van der Waals surface area contributed by atoms with Crippen molar-refractivity contribution < 1.29 is 10.2 Å². The third-order valence-electron chi connectivity index (χ3n) is 5.59. The van der Waals surface area contributed by atoms with Crippen LogP contribution in [-0.4, -0.2) is 47.5 Å². The molecular formula is C17H25NO2. The van der Waals surface area contributed by atoms with Gasteiger partial charge in [0.15, 0.2) is 0 Å². The number of nitrogens with zero attached hydrogens (tertiary/aromatic N) is 1. The minimum atomic E-state index is -0.503. The van der Waals surface area contributed by atoms with Gasteiger partial charge in [-0.15, -0.1) is 0 Å². The monoisotopic (exact) mass is 275 g/mol. The lowest BCUT2D eigenvalue weighted by atomic mass is 9.68. The van der Waals surface area contributed by atoms with Crippen LogP contribution in [-0.2, 0) is 5.41 Å². The maximum Gasteiger partial charge on any atom is 0.0711 e. The van der Waals surface area contributed by atoms with Crippen molar-refractivity contribution in [2.24, 2.45) is 5.41 Å². The summed E-state index contributed by atoms with van der Waals surface area (Å²) < 4.78 is 0. The predicted molar refractivity (Wildman–Crippen MR) is 79.8 cm³/mol. The lowest BCUT2D eigenvalue weighted by Gasteiger charge is -2.52. The van der Waals surface area contributed by atoms with Crippen LogP contribution in [0.25, 0.3) is 0 Å². The van der Waals surface area contributed by atoms with Gasteiger partial charge in [0, 0.05) is 29.3 Å². The Hall–Kier alpha value is -0.900. The normalized spacial score (nSPS) is 39.4. The Labute approximate surface area is 121 Å². The third-order valence-corrected chi connectivity index (χ3v) is 5.59. The SMILES string of the molecule is CN1C[C@](C)(CO)[C@@H](O)[C@H]2c3ccccc3C(C)(C)[C@H]21. The number of likely N-dealkylation sites (N-methyl/N-ethyl adjacent to an activating group) is 1. The fourth-order valence-corrected chi connectivity index (χ4v) is 4.66. The fourth-order valence-electron chi connectivity index (χ4n) is 4.66. The molecule has 0 unspecified atom stereocenters. The van der Waals surface area contributed by atoms with E-state index in [1.807, 2.05) is 6.92 Å². The molecule has 3 nitrogen and oxygen atoms in total. The van der Waals surface area contributed by atoms with E-state index in [0.717, 1.165) is 6.54 Å². The minimum absolute atomic E-state index is 0.0182. The van der Waals surface area contributed by atoms with Crippen molar-refractivity contribution in [3.8, 4) is 0 Å². The van der Waals surface area contributed by atoms with E-state index in [9.17, 15) is 10.2 Å². The molecule has 0 aromatic heterocycles. The zero-order valence-electron chi connectivity index (χ0n) is 12.8. The summed E-state index contributed by atoms with van der Waals surface area (Å²) in [5.74, 6) is 0.0806. The van der Waals surface area contributed by atoms with Gasteiger partial charge < -0.3 is 15.1 Å². The molecule has 1 aromatic carbocycles. The third kappa shape index (κ3) is 1.63. The summed E-state index contributed by atoms with van der Waals surface area (Å²) in [7, 11) is 2.12. The summed E-state index contributed by atoms with van der Waals surface area (Å²) in [6, 6.07) is 8.74. The Bertz CT molecular complexity index is 527. The van der Waals surface area contributed by atoms with Gasteiger partial charge >= 0.3 is 0 Å². The van der Waals surface area contributed by atoms with Gasteiger partial charge in [-0.2, -0.15) is 0 Å². The summed E-state index contributed by atoms with van der Waals surface area (Å²) in [5, 5.41) is 20.7. The van der Waals surface area contributed by atoms with Crippen LogP contribution in [0.4, 0.5) is 0 Å². The largest absolute Gasteiger partial charge is 0.396 e. The van der Waals surface area contributed by atoms with Gasteiger partial charge in [-0.3, -0.25) is 0 Å². The van der Waals surface area contributed by atoms with E-state index in [2.05, 4.69) is 50.1 Å². The number of benzene rings is 1. The molecule has 1 fully saturated rings. The Morgan fingerprint density at radius 1 is 1.25 bits per heavy atom. The van der Waals surface area contributed by atoms with E-state index in [1.54, 1.807) is 0 Å². The molecule has 110 valence electrons. The van der Waals surface area contributed by atoms with E-state index < -0.39 is 11.5 Å². The van der Waals surface area contributed by atoms with E-state index in [-0.39, 0.29) is 24.0 Å². The summed E-state index contributed by atoms with van der Waals surface area (Å²) >= 11 is 0. The lowest BCUT2D eigenvalue weighted by Crippen LogP contribution is -2.61. The molecule has 1 aliphatic carbocycles. The average Bonchev–Trinajstić information content (AvgIpc) is 2.65. The number of aliphatic hydroxyl groups is 2. The molecule has 1 aliphatic heterocycles. The molecular weight excluding hydrogens is 250 g/mol. The van der Waals surface area contributed by atoms with Crippen LogP contribution in [0.1, 0.15) is 37.8 Å². The smallest absolute Gasteiger partial charge is 0.0711 e. The minimum Gasteiger partial charge on any atom is -0.396 e. The highest BCUT2D eigenvalue weighted by molar-refractivity contribution is 5.47. The van der Waals surface area contributed by atoms with Gasteiger partial charge in [0.1, 0.15) is 0 Å². The fraction of sp³-hybridized carbons (Fsp3) is 0.647. The van der Waals surface area contributed by atoms with Crippen molar-refractivity contribution >= 4 is 0 Å². The van der Waals surface area contributed by atoms with Crippen molar-refractivity contribution in [1.29, 1.82) is 0 Å². The topological polar surface area (TPSA) is 43.7 Å². The van der Waals surface area contributed by atoms with Crippen LogP contribution < -0.4 is 0 Å². The number of hydrogen-bond acceptors (Lipinski definition) is 3. The maximum atomic E-state index is 10.9. The molecule has 2 N–H and O–H groups in total. The number of hydrogen-bond donors (Lipinski definition) is 2. The van der Waals surface area contributed by atoms with Crippen molar-refractivity contribution in [3.63, 3.8) is 0 Å². The molecule has 1 aromatic rings. The second-order valence-corrected chi connectivity index (χ2v) is 7.45. The van der Waals surface area contributed by atoms with Crippen LogP contribution in [0.2, 0.25) is 0 Å². The highest BCUT2D eigenvalue weighted by Gasteiger charge is 2.57. The van der Waals surface area contributed by atoms with E-state index in [4.69, 9.17) is 0 Å². The summed E-state index contributed by atoms with van der Waals surface area (Å²) in [6.07, 6.45) is -0.503. The second kappa shape index (κ2) is 4.30. The average molecular weight is 275 g/mol. The zero-order valence-corrected chi connectivity index (χ0v) is 12.8. The highest BCUT2D eigenvalue weighted by Crippen LogP contribution is 2.54. The Kier molecular flexibility index (Phi) is 3.02. The van der Waals surface area contributed by atoms with Gasteiger partial charge in [-0.25, -0.2) is 0 Å². The number of aliphatic hydroxyl groups excluding tert-OH is 2. The number of likely N-dealkylation sites (tertiary alicyclic amines) is 1. The van der Waals surface area contributed by atoms with E-state index >= 15 is 0 Å². The molecule has 0 bridgehead atoms. The molecule has 0 amide bonds. The first-order valence-corrected chi connectivity index (χ1v) is 7.41. The summed E-state index contributed by atoms with van der Waals surface area (Å²) in [5.41, 5.74) is 2.15. The van der Waals surface area contributed by atoms with Gasteiger partial charge in [0.25, 0.3) is 0 Å². The Morgan fingerprint density at radius 2 is 1.90 bits per heavy atom. The molecule has 0 radical (unpaired) electrons. The lowest BCUT2D eigenvalue weighted by molar-refractivity contribution is -0.0998. The van der Waals surface area contributed by atoms with Crippen molar-refractivity contribution in [2.75, 3.05) is 20.2 Å². The molecule has 20 heavy (non-hydrogen) atoms. The first kappa shape index (κ1) is 14.1. The van der Waals surface area contributed by atoms with Crippen LogP contribution in [0.15, 0.2) is 24.3 Å².